The maximum absolute atomic E-state index is 12.4. The molecule has 0 saturated carbocycles. The Balaban J connectivity index is 1.88. The number of rotatable bonds is 10. The molecule has 26 heavy (non-hydrogen) atoms. The number of allylic oxidation sites excluding steroid dienone is 1. The summed E-state index contributed by atoms with van der Waals surface area (Å²) in [5.74, 6) is 0.929. The summed E-state index contributed by atoms with van der Waals surface area (Å²) in [7, 11) is 1.82. The maximum Gasteiger partial charge on any atom is 0.239 e. The highest BCUT2D eigenvalue weighted by molar-refractivity contribution is 7.98. The second-order valence-electron chi connectivity index (χ2n) is 6.42. The second kappa shape index (κ2) is 10.8. The number of thioether (sulfide) groups is 1. The average molecular weight is 369 g/mol. The summed E-state index contributed by atoms with van der Waals surface area (Å²) >= 11 is 1.80. The van der Waals surface area contributed by atoms with Crippen LogP contribution in [0.25, 0.3) is 0 Å². The molecule has 0 unspecified atom stereocenters. The lowest BCUT2D eigenvalue weighted by Gasteiger charge is -2.21. The van der Waals surface area contributed by atoms with Crippen molar-refractivity contribution in [1.29, 1.82) is 0 Å². The van der Waals surface area contributed by atoms with Gasteiger partial charge in [-0.15, -0.1) is 18.3 Å². The van der Waals surface area contributed by atoms with E-state index >= 15 is 0 Å². The predicted molar refractivity (Wildman–Crippen MR) is 111 cm³/mol. The monoisotopic (exact) mass is 368 g/mol. The highest BCUT2D eigenvalue weighted by Crippen LogP contribution is 2.24. The molecule has 1 atom stereocenters. The fourth-order valence-electron chi connectivity index (χ4n) is 2.71. The van der Waals surface area contributed by atoms with Gasteiger partial charge in [0.2, 0.25) is 5.91 Å². The van der Waals surface area contributed by atoms with Gasteiger partial charge in [-0.25, -0.2) is 0 Å². The minimum atomic E-state index is -0.502. The van der Waals surface area contributed by atoms with Crippen LogP contribution in [0.5, 0.6) is 0 Å². The molecule has 0 spiro atoms. The molecule has 3 nitrogen and oxygen atoms in total. The van der Waals surface area contributed by atoms with E-state index in [1.807, 2.05) is 31.3 Å². The number of nitrogens with two attached hydrogens (primary N) is 1. The zero-order valence-electron chi connectivity index (χ0n) is 15.4. The van der Waals surface area contributed by atoms with E-state index in [-0.39, 0.29) is 5.91 Å². The van der Waals surface area contributed by atoms with Crippen molar-refractivity contribution in [3.05, 3.63) is 78.4 Å². The first-order valence-electron chi connectivity index (χ1n) is 8.97. The molecular weight excluding hydrogens is 340 g/mol. The maximum atomic E-state index is 12.4. The summed E-state index contributed by atoms with van der Waals surface area (Å²) in [5.41, 5.74) is 8.55. The van der Waals surface area contributed by atoms with Crippen molar-refractivity contribution in [2.75, 3.05) is 13.6 Å². The lowest BCUT2D eigenvalue weighted by molar-refractivity contribution is -0.131. The number of hydrogen-bond acceptors (Lipinski definition) is 3. The highest BCUT2D eigenvalue weighted by Gasteiger charge is 2.18. The Labute approximate surface area is 161 Å². The molecule has 2 aromatic carbocycles. The molecule has 0 aliphatic rings. The fourth-order valence-corrected chi connectivity index (χ4v) is 3.65. The molecule has 2 rings (SSSR count). The van der Waals surface area contributed by atoms with Gasteiger partial charge in [0.25, 0.3) is 0 Å². The van der Waals surface area contributed by atoms with E-state index in [2.05, 4.69) is 43.0 Å². The third kappa shape index (κ3) is 6.70. The van der Waals surface area contributed by atoms with Crippen LogP contribution in [0.4, 0.5) is 0 Å². The molecule has 0 aliphatic carbocycles. The zero-order valence-corrected chi connectivity index (χ0v) is 16.3. The number of benzene rings is 2. The number of likely N-dealkylation sites (N-methyl/N-ethyl adjacent to an activating group) is 1. The van der Waals surface area contributed by atoms with Crippen LogP contribution in [0.1, 0.15) is 24.0 Å². The average Bonchev–Trinajstić information content (AvgIpc) is 2.67. The van der Waals surface area contributed by atoms with Gasteiger partial charge in [0.1, 0.15) is 0 Å². The summed E-state index contributed by atoms with van der Waals surface area (Å²) in [6, 6.07) is 18.2. The van der Waals surface area contributed by atoms with Gasteiger partial charge < -0.3 is 10.6 Å². The van der Waals surface area contributed by atoms with E-state index in [1.54, 1.807) is 16.7 Å². The van der Waals surface area contributed by atoms with Crippen molar-refractivity contribution in [3.63, 3.8) is 0 Å². The molecular formula is C22H28N2OS. The van der Waals surface area contributed by atoms with Crippen molar-refractivity contribution in [1.82, 2.24) is 4.90 Å². The van der Waals surface area contributed by atoms with Crippen LogP contribution in [-0.4, -0.2) is 30.4 Å². The SMILES string of the molecule is C=CCCCN(C)C(=O)[C@@H](N)Cc1cccc(SCc2ccccc2)c1. The quantitative estimate of drug-likeness (QED) is 0.387. The van der Waals surface area contributed by atoms with Gasteiger partial charge in [-0.3, -0.25) is 4.79 Å². The van der Waals surface area contributed by atoms with Crippen LogP contribution < -0.4 is 5.73 Å². The van der Waals surface area contributed by atoms with Crippen molar-refractivity contribution in [3.8, 4) is 0 Å². The molecule has 0 bridgehead atoms. The third-order valence-electron chi connectivity index (χ3n) is 4.20. The zero-order chi connectivity index (χ0) is 18.8. The molecule has 0 aromatic heterocycles. The van der Waals surface area contributed by atoms with Crippen molar-refractivity contribution in [2.24, 2.45) is 5.73 Å². The van der Waals surface area contributed by atoms with Crippen LogP contribution in [0.15, 0.2) is 72.1 Å². The van der Waals surface area contributed by atoms with Crippen LogP contribution in [-0.2, 0) is 17.0 Å². The van der Waals surface area contributed by atoms with Gasteiger partial charge in [-0.2, -0.15) is 0 Å². The van der Waals surface area contributed by atoms with Gasteiger partial charge in [0.05, 0.1) is 6.04 Å². The van der Waals surface area contributed by atoms with Crippen molar-refractivity contribution in [2.45, 2.75) is 36.0 Å². The highest BCUT2D eigenvalue weighted by atomic mass is 32.2. The standard InChI is InChI=1S/C22H28N2OS/c1-3-4-8-14-24(2)22(25)21(23)16-19-12-9-13-20(15-19)26-17-18-10-6-5-7-11-18/h3,5-7,9-13,15,21H,1,4,8,14,16-17,23H2,2H3/t21-/m0/s1. The summed E-state index contributed by atoms with van der Waals surface area (Å²) in [6.45, 7) is 4.42. The normalized spacial score (nSPS) is 11.8. The molecule has 4 heteroatoms. The van der Waals surface area contributed by atoms with E-state index in [9.17, 15) is 4.79 Å². The van der Waals surface area contributed by atoms with Crippen LogP contribution in [0.3, 0.4) is 0 Å². The van der Waals surface area contributed by atoms with E-state index < -0.39 is 6.04 Å². The number of unbranched alkanes of at least 4 members (excludes halogenated alkanes) is 1. The molecule has 0 aliphatic heterocycles. The first kappa shape index (κ1) is 20.3. The van der Waals surface area contributed by atoms with Gasteiger partial charge in [-0.1, -0.05) is 48.5 Å². The lowest BCUT2D eigenvalue weighted by Crippen LogP contribution is -2.43. The topological polar surface area (TPSA) is 46.3 Å². The summed E-state index contributed by atoms with van der Waals surface area (Å²) in [4.78, 5) is 15.3. The Morgan fingerprint density at radius 3 is 2.65 bits per heavy atom. The lowest BCUT2D eigenvalue weighted by atomic mass is 10.1. The molecule has 0 fully saturated rings. The number of nitrogens with zero attached hydrogens (tertiary/aromatic N) is 1. The molecule has 0 heterocycles. The minimum absolute atomic E-state index is 0.00333. The Kier molecular flexibility index (Phi) is 8.45. The van der Waals surface area contributed by atoms with Gasteiger partial charge in [-0.05, 0) is 42.5 Å². The number of amides is 1. The Morgan fingerprint density at radius 2 is 1.92 bits per heavy atom. The van der Waals surface area contributed by atoms with Crippen molar-refractivity contribution >= 4 is 17.7 Å². The number of carbonyl (C=O) groups is 1. The molecule has 0 radical (unpaired) electrons. The number of carbonyl (C=O) groups excluding carboxylic acids is 1. The van der Waals surface area contributed by atoms with Gasteiger partial charge in [0, 0.05) is 24.2 Å². The molecule has 0 saturated heterocycles. The first-order chi connectivity index (χ1) is 12.6. The predicted octanol–water partition coefficient (Wildman–Crippen LogP) is 4.27. The molecule has 138 valence electrons. The largest absolute Gasteiger partial charge is 0.344 e. The van der Waals surface area contributed by atoms with Crippen LogP contribution in [0.2, 0.25) is 0 Å². The van der Waals surface area contributed by atoms with Gasteiger partial charge in [0.15, 0.2) is 0 Å². The van der Waals surface area contributed by atoms with E-state index in [0.717, 1.165) is 24.2 Å². The van der Waals surface area contributed by atoms with Crippen LogP contribution >= 0.6 is 11.8 Å². The molecule has 1 amide bonds. The third-order valence-corrected chi connectivity index (χ3v) is 5.26. The Bertz CT molecular complexity index is 702. The number of hydrogen-bond donors (Lipinski definition) is 1. The minimum Gasteiger partial charge on any atom is -0.344 e. The molecule has 2 N–H and O–H groups in total. The van der Waals surface area contributed by atoms with Crippen molar-refractivity contribution < 1.29 is 4.79 Å². The van der Waals surface area contributed by atoms with Crippen LogP contribution in [0, 0.1) is 0 Å². The fraction of sp³-hybridized carbons (Fsp3) is 0.318. The van der Waals surface area contributed by atoms with E-state index in [4.69, 9.17) is 5.73 Å². The van der Waals surface area contributed by atoms with E-state index in [0.29, 0.717) is 13.0 Å². The second-order valence-corrected chi connectivity index (χ2v) is 7.47. The first-order valence-corrected chi connectivity index (χ1v) is 9.96. The van der Waals surface area contributed by atoms with Gasteiger partial charge >= 0.3 is 0 Å². The summed E-state index contributed by atoms with van der Waals surface area (Å²) in [5, 5.41) is 0. The summed E-state index contributed by atoms with van der Waals surface area (Å²) in [6.07, 6.45) is 4.26. The Morgan fingerprint density at radius 1 is 1.19 bits per heavy atom. The molecule has 2 aromatic rings. The summed E-state index contributed by atoms with van der Waals surface area (Å²) < 4.78 is 0. The van der Waals surface area contributed by atoms with E-state index in [1.165, 1.54) is 10.5 Å². The smallest absolute Gasteiger partial charge is 0.239 e. The Hall–Kier alpha value is -2.04.